The maximum absolute atomic E-state index is 13.3. The van der Waals surface area contributed by atoms with E-state index < -0.39 is 29.1 Å². The van der Waals surface area contributed by atoms with E-state index in [0.717, 1.165) is 18.2 Å². The minimum atomic E-state index is -4.79. The Hall–Kier alpha value is -1.85. The number of alkyl halides is 3. The average molecular weight is 234 g/mol. The normalized spacial score (nSPS) is 12.0. The van der Waals surface area contributed by atoms with Gasteiger partial charge in [0.05, 0.1) is 5.56 Å². The smallest absolute Gasteiger partial charge is 0.419 e. The van der Waals surface area contributed by atoms with Crippen LogP contribution in [0.2, 0.25) is 0 Å². The largest absolute Gasteiger partial charge is 0.478 e. The highest BCUT2D eigenvalue weighted by molar-refractivity contribution is 5.85. The van der Waals surface area contributed by atoms with E-state index in [-0.39, 0.29) is 0 Å². The first kappa shape index (κ1) is 12.2. The molecule has 0 aromatic heterocycles. The molecule has 0 aliphatic rings. The number of hydrogen-bond donors (Lipinski definition) is 1. The maximum atomic E-state index is 13.3. The molecule has 1 rings (SSSR count). The number of carboxylic acid groups (broad SMARTS) is 1. The fraction of sp³-hybridized carbons (Fsp3) is 0.100. The monoisotopic (exact) mass is 234 g/mol. The number of benzene rings is 1. The van der Waals surface area contributed by atoms with Gasteiger partial charge in [0.15, 0.2) is 0 Å². The molecule has 0 bridgehead atoms. The fourth-order valence-electron chi connectivity index (χ4n) is 1.06. The first-order valence-electron chi connectivity index (χ1n) is 4.09. The van der Waals surface area contributed by atoms with Gasteiger partial charge in [-0.05, 0) is 12.1 Å². The quantitative estimate of drug-likeness (QED) is 0.631. The molecule has 0 aliphatic carbocycles. The molecule has 2 nitrogen and oxygen atoms in total. The van der Waals surface area contributed by atoms with Crippen molar-refractivity contribution in [2.45, 2.75) is 6.18 Å². The molecular weight excluding hydrogens is 228 g/mol. The Labute approximate surface area is 87.8 Å². The molecule has 0 heterocycles. The van der Waals surface area contributed by atoms with Gasteiger partial charge in [-0.3, -0.25) is 0 Å². The van der Waals surface area contributed by atoms with E-state index in [1.165, 1.54) is 0 Å². The summed E-state index contributed by atoms with van der Waals surface area (Å²) in [5.41, 5.74) is -1.84. The summed E-state index contributed by atoms with van der Waals surface area (Å²) in [6.45, 7) is 0. The Morgan fingerprint density at radius 3 is 2.44 bits per heavy atom. The zero-order chi connectivity index (χ0) is 12.3. The number of carbonyl (C=O) groups is 1. The maximum Gasteiger partial charge on any atom is 0.419 e. The SMILES string of the molecule is O=C(O)/C=C\c1cccc(C(F)(F)F)c1F. The Morgan fingerprint density at radius 1 is 1.31 bits per heavy atom. The third kappa shape index (κ3) is 2.82. The fourth-order valence-corrected chi connectivity index (χ4v) is 1.06. The second kappa shape index (κ2) is 4.34. The van der Waals surface area contributed by atoms with Crippen molar-refractivity contribution in [3.63, 3.8) is 0 Å². The van der Waals surface area contributed by atoms with Crippen LogP contribution in [0.3, 0.4) is 0 Å². The summed E-state index contributed by atoms with van der Waals surface area (Å²) in [5.74, 6) is -2.84. The Morgan fingerprint density at radius 2 is 1.94 bits per heavy atom. The van der Waals surface area contributed by atoms with Crippen molar-refractivity contribution in [2.75, 3.05) is 0 Å². The summed E-state index contributed by atoms with van der Waals surface area (Å²) in [7, 11) is 0. The third-order valence-corrected chi connectivity index (χ3v) is 1.74. The van der Waals surface area contributed by atoms with Gasteiger partial charge in [-0.1, -0.05) is 12.1 Å². The highest BCUT2D eigenvalue weighted by atomic mass is 19.4. The number of hydrogen-bond acceptors (Lipinski definition) is 1. The highest BCUT2D eigenvalue weighted by Crippen LogP contribution is 2.32. The molecule has 0 saturated carbocycles. The van der Waals surface area contributed by atoms with Gasteiger partial charge in [-0.15, -0.1) is 0 Å². The van der Waals surface area contributed by atoms with E-state index in [1.807, 2.05) is 0 Å². The first-order chi connectivity index (χ1) is 7.32. The van der Waals surface area contributed by atoms with Crippen molar-refractivity contribution in [1.82, 2.24) is 0 Å². The van der Waals surface area contributed by atoms with E-state index >= 15 is 0 Å². The molecule has 16 heavy (non-hydrogen) atoms. The van der Waals surface area contributed by atoms with Crippen LogP contribution in [-0.4, -0.2) is 11.1 Å². The molecule has 0 atom stereocenters. The van der Waals surface area contributed by atoms with Gasteiger partial charge in [0.1, 0.15) is 5.82 Å². The molecule has 0 fully saturated rings. The van der Waals surface area contributed by atoms with Crippen molar-refractivity contribution in [1.29, 1.82) is 0 Å². The lowest BCUT2D eigenvalue weighted by molar-refractivity contribution is -0.140. The zero-order valence-corrected chi connectivity index (χ0v) is 7.75. The molecule has 0 aliphatic heterocycles. The van der Waals surface area contributed by atoms with Crippen molar-refractivity contribution in [3.8, 4) is 0 Å². The third-order valence-electron chi connectivity index (χ3n) is 1.74. The summed E-state index contributed by atoms with van der Waals surface area (Å²) < 4.78 is 50.0. The molecule has 1 N–H and O–H groups in total. The predicted molar refractivity (Wildman–Crippen MR) is 48.1 cm³/mol. The van der Waals surface area contributed by atoms with Gasteiger partial charge in [-0.2, -0.15) is 13.2 Å². The van der Waals surface area contributed by atoms with Crippen molar-refractivity contribution in [2.24, 2.45) is 0 Å². The Balaban J connectivity index is 3.19. The minimum absolute atomic E-state index is 0.419. The van der Waals surface area contributed by atoms with Gasteiger partial charge < -0.3 is 5.11 Å². The van der Waals surface area contributed by atoms with Crippen LogP contribution in [0.15, 0.2) is 24.3 Å². The van der Waals surface area contributed by atoms with Crippen LogP contribution in [0, 0.1) is 5.82 Å². The lowest BCUT2D eigenvalue weighted by Crippen LogP contribution is -2.08. The number of halogens is 4. The zero-order valence-electron chi connectivity index (χ0n) is 7.75. The van der Waals surface area contributed by atoms with Gasteiger partial charge in [-0.25, -0.2) is 9.18 Å². The van der Waals surface area contributed by atoms with Gasteiger partial charge in [0, 0.05) is 11.6 Å². The first-order valence-corrected chi connectivity index (χ1v) is 4.09. The van der Waals surface area contributed by atoms with E-state index in [9.17, 15) is 22.4 Å². The molecule has 6 heteroatoms. The van der Waals surface area contributed by atoms with Gasteiger partial charge in [0.25, 0.3) is 0 Å². The lowest BCUT2D eigenvalue weighted by atomic mass is 10.1. The average Bonchev–Trinajstić information content (AvgIpc) is 2.14. The molecule has 0 unspecified atom stereocenters. The van der Waals surface area contributed by atoms with Crippen LogP contribution in [0.4, 0.5) is 17.6 Å². The van der Waals surface area contributed by atoms with Crippen LogP contribution in [0.25, 0.3) is 6.08 Å². The molecule has 0 spiro atoms. The summed E-state index contributed by atoms with van der Waals surface area (Å²) in [6.07, 6.45) is -3.46. The number of carboxylic acids is 1. The van der Waals surface area contributed by atoms with E-state index in [4.69, 9.17) is 5.11 Å². The minimum Gasteiger partial charge on any atom is -0.478 e. The highest BCUT2D eigenvalue weighted by Gasteiger charge is 2.34. The van der Waals surface area contributed by atoms with E-state index in [2.05, 4.69) is 0 Å². The summed E-state index contributed by atoms with van der Waals surface area (Å²) in [4.78, 5) is 10.1. The molecule has 0 saturated heterocycles. The van der Waals surface area contributed by atoms with Crippen LogP contribution in [0.1, 0.15) is 11.1 Å². The van der Waals surface area contributed by atoms with Gasteiger partial charge >= 0.3 is 12.1 Å². The molecule has 1 aromatic rings. The van der Waals surface area contributed by atoms with E-state index in [1.54, 1.807) is 0 Å². The van der Waals surface area contributed by atoms with Crippen molar-refractivity contribution >= 4 is 12.0 Å². The van der Waals surface area contributed by atoms with Crippen LogP contribution < -0.4 is 0 Å². The molecule has 86 valence electrons. The van der Waals surface area contributed by atoms with Crippen molar-refractivity contribution in [3.05, 3.63) is 41.2 Å². The Kier molecular flexibility index (Phi) is 3.31. The number of aliphatic carboxylic acids is 1. The summed E-state index contributed by atoms with van der Waals surface area (Å²) in [6, 6.07) is 2.66. The standard InChI is InChI=1S/C10H6F4O2/c11-9-6(4-5-8(15)16)2-1-3-7(9)10(12,13)14/h1-5H,(H,15,16)/b5-4-. The molecule has 0 amide bonds. The molecular formula is C10H6F4O2. The van der Waals surface area contributed by atoms with Crippen LogP contribution in [0.5, 0.6) is 0 Å². The van der Waals surface area contributed by atoms with E-state index in [0.29, 0.717) is 12.1 Å². The van der Waals surface area contributed by atoms with Crippen LogP contribution >= 0.6 is 0 Å². The second-order valence-electron chi connectivity index (χ2n) is 2.88. The summed E-state index contributed by atoms with van der Waals surface area (Å²) in [5, 5.41) is 8.26. The van der Waals surface area contributed by atoms with Crippen LogP contribution in [-0.2, 0) is 11.0 Å². The topological polar surface area (TPSA) is 37.3 Å². The Bertz CT molecular complexity index is 435. The molecule has 1 aromatic carbocycles. The molecule has 0 radical (unpaired) electrons. The van der Waals surface area contributed by atoms with Crippen molar-refractivity contribution < 1.29 is 27.5 Å². The number of rotatable bonds is 2. The van der Waals surface area contributed by atoms with Gasteiger partial charge in [0.2, 0.25) is 0 Å². The second-order valence-corrected chi connectivity index (χ2v) is 2.88. The summed E-state index contributed by atoms with van der Waals surface area (Å²) >= 11 is 0. The predicted octanol–water partition coefficient (Wildman–Crippen LogP) is 2.94. The lowest BCUT2D eigenvalue weighted by Gasteiger charge is -2.08.